The Morgan fingerprint density at radius 1 is 1.70 bits per heavy atom. The van der Waals surface area contributed by atoms with Crippen molar-refractivity contribution in [3.8, 4) is 0 Å². The lowest BCUT2D eigenvalue weighted by Crippen LogP contribution is -2.18. The predicted octanol–water partition coefficient (Wildman–Crippen LogP) is 1.26. The minimum absolute atomic E-state index is 0.503. The summed E-state index contributed by atoms with van der Waals surface area (Å²) in [4.78, 5) is 4.31. The lowest BCUT2D eigenvalue weighted by atomic mass is 10.2. The van der Waals surface area contributed by atoms with Crippen LogP contribution in [0.3, 0.4) is 0 Å². The molecule has 0 aliphatic carbocycles. The quantitative estimate of drug-likeness (QED) is 0.461. The zero-order chi connectivity index (χ0) is 7.40. The van der Waals surface area contributed by atoms with Gasteiger partial charge in [0.2, 0.25) is 0 Å². The highest BCUT2D eigenvalue weighted by Gasteiger charge is 2.11. The van der Waals surface area contributed by atoms with E-state index in [1.165, 1.54) is 18.6 Å². The summed E-state index contributed by atoms with van der Waals surface area (Å²) in [5.74, 6) is 3.19. The van der Waals surface area contributed by atoms with Crippen molar-refractivity contribution in [2.75, 3.05) is 11.5 Å². The van der Waals surface area contributed by atoms with E-state index in [2.05, 4.69) is 4.99 Å². The SMILES string of the molecule is CC(N)=NC1CCCSC1. The summed E-state index contributed by atoms with van der Waals surface area (Å²) in [6.07, 6.45) is 2.52. The van der Waals surface area contributed by atoms with Crippen molar-refractivity contribution in [2.24, 2.45) is 10.7 Å². The van der Waals surface area contributed by atoms with Crippen molar-refractivity contribution in [1.82, 2.24) is 0 Å². The molecule has 2 nitrogen and oxygen atoms in total. The van der Waals surface area contributed by atoms with Gasteiger partial charge in [-0.15, -0.1) is 0 Å². The zero-order valence-electron chi connectivity index (χ0n) is 6.34. The molecule has 1 atom stereocenters. The summed E-state index contributed by atoms with van der Waals surface area (Å²) in [5, 5.41) is 0. The third-order valence-corrected chi connectivity index (χ3v) is 2.72. The number of nitrogens with zero attached hydrogens (tertiary/aromatic N) is 1. The lowest BCUT2D eigenvalue weighted by Gasteiger charge is -2.17. The first-order chi connectivity index (χ1) is 4.79. The molecule has 0 spiro atoms. The van der Waals surface area contributed by atoms with Gasteiger partial charge in [-0.25, -0.2) is 0 Å². The molecular formula is C7H14N2S. The van der Waals surface area contributed by atoms with Crippen LogP contribution in [0.4, 0.5) is 0 Å². The highest BCUT2D eigenvalue weighted by molar-refractivity contribution is 7.99. The maximum absolute atomic E-state index is 5.46. The van der Waals surface area contributed by atoms with Crippen LogP contribution in [0.5, 0.6) is 0 Å². The van der Waals surface area contributed by atoms with Crippen LogP contribution in [-0.4, -0.2) is 23.4 Å². The molecule has 1 fully saturated rings. The van der Waals surface area contributed by atoms with E-state index in [0.717, 1.165) is 11.6 Å². The highest BCUT2D eigenvalue weighted by atomic mass is 32.2. The lowest BCUT2D eigenvalue weighted by molar-refractivity contribution is 0.650. The van der Waals surface area contributed by atoms with E-state index in [4.69, 9.17) is 5.73 Å². The monoisotopic (exact) mass is 158 g/mol. The fourth-order valence-corrected chi connectivity index (χ4v) is 2.16. The molecule has 10 heavy (non-hydrogen) atoms. The van der Waals surface area contributed by atoms with Crippen molar-refractivity contribution in [3.05, 3.63) is 0 Å². The number of thioether (sulfide) groups is 1. The van der Waals surface area contributed by atoms with E-state index in [9.17, 15) is 0 Å². The van der Waals surface area contributed by atoms with E-state index in [-0.39, 0.29) is 0 Å². The average Bonchev–Trinajstić information content (AvgIpc) is 1.88. The van der Waals surface area contributed by atoms with Crippen LogP contribution in [0.25, 0.3) is 0 Å². The molecule has 0 aromatic rings. The smallest absolute Gasteiger partial charge is 0.0909 e. The van der Waals surface area contributed by atoms with Gasteiger partial charge >= 0.3 is 0 Å². The van der Waals surface area contributed by atoms with Crippen LogP contribution in [0.15, 0.2) is 4.99 Å². The Labute approximate surface area is 66.3 Å². The average molecular weight is 158 g/mol. The summed E-state index contributed by atoms with van der Waals surface area (Å²) >= 11 is 1.98. The molecular weight excluding hydrogens is 144 g/mol. The molecule has 58 valence electrons. The Bertz CT molecular complexity index is 124. The van der Waals surface area contributed by atoms with E-state index >= 15 is 0 Å². The number of aliphatic imine (C=N–C) groups is 1. The Kier molecular flexibility index (Phi) is 3.06. The standard InChI is InChI=1S/C7H14N2S/c1-6(8)9-7-3-2-4-10-5-7/h7H,2-5H2,1H3,(H2,8,9). The fourth-order valence-electron chi connectivity index (χ4n) is 1.11. The molecule has 3 heteroatoms. The van der Waals surface area contributed by atoms with Crippen LogP contribution in [0.2, 0.25) is 0 Å². The summed E-state index contributed by atoms with van der Waals surface area (Å²) in [6.45, 7) is 1.86. The van der Waals surface area contributed by atoms with Crippen LogP contribution in [-0.2, 0) is 0 Å². The predicted molar refractivity (Wildman–Crippen MR) is 47.6 cm³/mol. The molecule has 2 N–H and O–H groups in total. The third-order valence-electron chi connectivity index (χ3n) is 1.52. The second-order valence-electron chi connectivity index (χ2n) is 2.64. The normalized spacial score (nSPS) is 28.5. The van der Waals surface area contributed by atoms with Gasteiger partial charge in [0, 0.05) is 5.75 Å². The number of amidine groups is 1. The molecule has 0 bridgehead atoms. The Hall–Kier alpha value is -0.180. The van der Waals surface area contributed by atoms with Gasteiger partial charge in [-0.05, 0) is 25.5 Å². The number of hydrogen-bond acceptors (Lipinski definition) is 2. The molecule has 0 aromatic carbocycles. The van der Waals surface area contributed by atoms with Gasteiger partial charge in [0.25, 0.3) is 0 Å². The van der Waals surface area contributed by atoms with Crippen LogP contribution < -0.4 is 5.73 Å². The number of rotatable bonds is 1. The minimum Gasteiger partial charge on any atom is -0.388 e. The first-order valence-corrected chi connectivity index (χ1v) is 4.82. The van der Waals surface area contributed by atoms with E-state index in [0.29, 0.717) is 6.04 Å². The Balaban J connectivity index is 2.33. The minimum atomic E-state index is 0.503. The molecule has 1 rings (SSSR count). The molecule has 0 saturated carbocycles. The maximum Gasteiger partial charge on any atom is 0.0909 e. The molecule has 1 aliphatic heterocycles. The van der Waals surface area contributed by atoms with Gasteiger partial charge in [-0.1, -0.05) is 0 Å². The molecule has 1 aliphatic rings. The van der Waals surface area contributed by atoms with Gasteiger partial charge in [-0.2, -0.15) is 11.8 Å². The summed E-state index contributed by atoms with van der Waals surface area (Å²) < 4.78 is 0. The first-order valence-electron chi connectivity index (χ1n) is 3.66. The molecule has 1 unspecified atom stereocenters. The Morgan fingerprint density at radius 3 is 3.00 bits per heavy atom. The maximum atomic E-state index is 5.46. The molecule has 1 saturated heterocycles. The third kappa shape index (κ3) is 2.60. The van der Waals surface area contributed by atoms with E-state index in [1.54, 1.807) is 0 Å². The van der Waals surface area contributed by atoms with Crippen molar-refractivity contribution >= 4 is 17.6 Å². The van der Waals surface area contributed by atoms with Gasteiger partial charge in [-0.3, -0.25) is 4.99 Å². The van der Waals surface area contributed by atoms with Crippen molar-refractivity contribution < 1.29 is 0 Å². The molecule has 0 radical (unpaired) electrons. The van der Waals surface area contributed by atoms with Crippen molar-refractivity contribution in [2.45, 2.75) is 25.8 Å². The van der Waals surface area contributed by atoms with Gasteiger partial charge < -0.3 is 5.73 Å². The largest absolute Gasteiger partial charge is 0.388 e. The van der Waals surface area contributed by atoms with Gasteiger partial charge in [0.15, 0.2) is 0 Å². The van der Waals surface area contributed by atoms with Crippen LogP contribution in [0.1, 0.15) is 19.8 Å². The van der Waals surface area contributed by atoms with E-state index in [1.807, 2.05) is 18.7 Å². The second-order valence-corrected chi connectivity index (χ2v) is 3.79. The van der Waals surface area contributed by atoms with Crippen molar-refractivity contribution in [3.63, 3.8) is 0 Å². The summed E-state index contributed by atoms with van der Waals surface area (Å²) in [5.41, 5.74) is 5.46. The fraction of sp³-hybridized carbons (Fsp3) is 0.857. The summed E-state index contributed by atoms with van der Waals surface area (Å²) in [7, 11) is 0. The number of nitrogens with two attached hydrogens (primary N) is 1. The zero-order valence-corrected chi connectivity index (χ0v) is 7.16. The molecule has 1 heterocycles. The Morgan fingerprint density at radius 2 is 2.50 bits per heavy atom. The number of hydrogen-bond donors (Lipinski definition) is 1. The van der Waals surface area contributed by atoms with E-state index < -0.39 is 0 Å². The first kappa shape index (κ1) is 7.92. The molecule has 0 aromatic heterocycles. The molecule has 0 amide bonds. The van der Waals surface area contributed by atoms with Crippen LogP contribution in [0, 0.1) is 0 Å². The van der Waals surface area contributed by atoms with Crippen LogP contribution >= 0.6 is 11.8 Å². The van der Waals surface area contributed by atoms with Crippen molar-refractivity contribution in [1.29, 1.82) is 0 Å². The topological polar surface area (TPSA) is 38.4 Å². The second kappa shape index (κ2) is 3.86. The van der Waals surface area contributed by atoms with Gasteiger partial charge in [0.05, 0.1) is 11.9 Å². The highest BCUT2D eigenvalue weighted by Crippen LogP contribution is 2.19. The summed E-state index contributed by atoms with van der Waals surface area (Å²) in [6, 6.07) is 0.503. The van der Waals surface area contributed by atoms with Gasteiger partial charge in [0.1, 0.15) is 0 Å².